The van der Waals surface area contributed by atoms with Gasteiger partial charge in [0.05, 0.1) is 12.2 Å². The van der Waals surface area contributed by atoms with E-state index >= 15 is 0 Å². The van der Waals surface area contributed by atoms with Crippen LogP contribution in [0.2, 0.25) is 0 Å². The molecule has 0 aliphatic carbocycles. The number of rotatable bonds is 1. The van der Waals surface area contributed by atoms with Gasteiger partial charge in [-0.25, -0.2) is 0 Å². The van der Waals surface area contributed by atoms with Crippen molar-refractivity contribution >= 4 is 22.5 Å². The van der Waals surface area contributed by atoms with Gasteiger partial charge in [-0.2, -0.15) is 5.10 Å². The van der Waals surface area contributed by atoms with Gasteiger partial charge in [0.15, 0.2) is 0 Å². The summed E-state index contributed by atoms with van der Waals surface area (Å²) in [6.07, 6.45) is 0. The molecular formula is C10H11ClN2. The average Bonchev–Trinajstić information content (AvgIpc) is 2.49. The normalized spacial score (nSPS) is 21.8. The van der Waals surface area contributed by atoms with E-state index in [1.807, 2.05) is 35.3 Å². The molecule has 2 rings (SSSR count). The van der Waals surface area contributed by atoms with Crippen LogP contribution in [0, 0.1) is 5.92 Å². The van der Waals surface area contributed by atoms with E-state index in [4.69, 9.17) is 11.6 Å². The van der Waals surface area contributed by atoms with Crippen molar-refractivity contribution in [2.24, 2.45) is 11.0 Å². The molecule has 0 fully saturated rings. The smallest absolute Gasteiger partial charge is 0.131 e. The summed E-state index contributed by atoms with van der Waals surface area (Å²) in [5, 5.41) is 6.89. The third kappa shape index (κ3) is 1.68. The number of para-hydroxylation sites is 1. The zero-order valence-corrected chi connectivity index (χ0v) is 8.20. The van der Waals surface area contributed by atoms with E-state index in [0.717, 1.165) is 12.2 Å². The minimum atomic E-state index is 0.349. The van der Waals surface area contributed by atoms with E-state index < -0.39 is 0 Å². The number of anilines is 1. The molecule has 1 unspecified atom stereocenters. The number of hydrogen-bond acceptors (Lipinski definition) is 2. The van der Waals surface area contributed by atoms with Crippen molar-refractivity contribution in [3.63, 3.8) is 0 Å². The first-order valence-corrected chi connectivity index (χ1v) is 4.72. The molecule has 0 radical (unpaired) electrons. The molecule has 0 saturated heterocycles. The van der Waals surface area contributed by atoms with Gasteiger partial charge in [-0.05, 0) is 12.1 Å². The molecule has 0 aromatic heterocycles. The third-order valence-corrected chi connectivity index (χ3v) is 2.57. The second-order valence-electron chi connectivity index (χ2n) is 3.24. The van der Waals surface area contributed by atoms with Crippen LogP contribution in [0.5, 0.6) is 0 Å². The monoisotopic (exact) mass is 194 g/mol. The lowest BCUT2D eigenvalue weighted by Gasteiger charge is -2.13. The standard InChI is InChI=1S/C10H11ClN2/c1-8-7-13(12-10(8)11)9-5-3-2-4-6-9/h2-6,8H,7H2,1H3. The molecule has 1 heterocycles. The zero-order chi connectivity index (χ0) is 9.26. The second-order valence-corrected chi connectivity index (χ2v) is 3.63. The van der Waals surface area contributed by atoms with Crippen LogP contribution in [-0.2, 0) is 0 Å². The number of benzene rings is 1. The Morgan fingerprint density at radius 2 is 2.08 bits per heavy atom. The predicted octanol–water partition coefficient (Wildman–Crippen LogP) is 2.70. The van der Waals surface area contributed by atoms with E-state index in [0.29, 0.717) is 11.1 Å². The molecule has 0 amide bonds. The Morgan fingerprint density at radius 1 is 1.38 bits per heavy atom. The zero-order valence-electron chi connectivity index (χ0n) is 7.44. The van der Waals surface area contributed by atoms with E-state index in [1.165, 1.54) is 0 Å². The highest BCUT2D eigenvalue weighted by Crippen LogP contribution is 2.22. The Labute approximate surface area is 82.8 Å². The fraction of sp³-hybridized carbons (Fsp3) is 0.300. The fourth-order valence-corrected chi connectivity index (χ4v) is 1.51. The summed E-state index contributed by atoms with van der Waals surface area (Å²) in [4.78, 5) is 0. The second kappa shape index (κ2) is 3.38. The molecule has 0 saturated carbocycles. The van der Waals surface area contributed by atoms with Crippen LogP contribution in [0.1, 0.15) is 6.92 Å². The highest BCUT2D eigenvalue weighted by Gasteiger charge is 2.21. The third-order valence-electron chi connectivity index (χ3n) is 2.12. The molecule has 0 bridgehead atoms. The van der Waals surface area contributed by atoms with Gasteiger partial charge >= 0.3 is 0 Å². The molecular weight excluding hydrogens is 184 g/mol. The van der Waals surface area contributed by atoms with Crippen molar-refractivity contribution in [1.82, 2.24) is 0 Å². The first-order chi connectivity index (χ1) is 6.27. The lowest BCUT2D eigenvalue weighted by atomic mass is 10.2. The summed E-state index contributed by atoms with van der Waals surface area (Å²) in [6, 6.07) is 10.1. The van der Waals surface area contributed by atoms with Crippen molar-refractivity contribution in [1.29, 1.82) is 0 Å². The molecule has 13 heavy (non-hydrogen) atoms. The van der Waals surface area contributed by atoms with Crippen molar-refractivity contribution < 1.29 is 0 Å². The van der Waals surface area contributed by atoms with Gasteiger partial charge in [0, 0.05) is 5.92 Å². The van der Waals surface area contributed by atoms with Gasteiger partial charge in [-0.3, -0.25) is 5.01 Å². The quantitative estimate of drug-likeness (QED) is 0.671. The van der Waals surface area contributed by atoms with Gasteiger partial charge < -0.3 is 0 Å². The lowest BCUT2D eigenvalue weighted by molar-refractivity contribution is 0.779. The summed E-state index contributed by atoms with van der Waals surface area (Å²) in [5.41, 5.74) is 1.10. The molecule has 1 aromatic rings. The van der Waals surface area contributed by atoms with Crippen LogP contribution in [-0.4, -0.2) is 11.7 Å². The molecule has 1 aromatic carbocycles. The topological polar surface area (TPSA) is 15.6 Å². The number of halogens is 1. The van der Waals surface area contributed by atoms with Crippen LogP contribution in [0.3, 0.4) is 0 Å². The SMILES string of the molecule is CC1CN(c2ccccc2)N=C1Cl. The highest BCUT2D eigenvalue weighted by molar-refractivity contribution is 6.66. The summed E-state index contributed by atoms with van der Waals surface area (Å²) in [6.45, 7) is 2.96. The average molecular weight is 195 g/mol. The van der Waals surface area contributed by atoms with Crippen molar-refractivity contribution in [3.05, 3.63) is 30.3 Å². The lowest BCUT2D eigenvalue weighted by Crippen LogP contribution is -2.15. The summed E-state index contributed by atoms with van der Waals surface area (Å²) in [7, 11) is 0. The molecule has 68 valence electrons. The van der Waals surface area contributed by atoms with Gasteiger partial charge in [0.25, 0.3) is 0 Å². The molecule has 1 atom stereocenters. The van der Waals surface area contributed by atoms with E-state index in [2.05, 4.69) is 12.0 Å². The van der Waals surface area contributed by atoms with Crippen LogP contribution >= 0.6 is 11.6 Å². The minimum absolute atomic E-state index is 0.349. The number of hydrazone groups is 1. The van der Waals surface area contributed by atoms with Gasteiger partial charge in [0.1, 0.15) is 5.17 Å². The Bertz CT molecular complexity index is 321. The molecule has 2 nitrogen and oxygen atoms in total. The summed E-state index contributed by atoms with van der Waals surface area (Å²) < 4.78 is 0. The molecule has 1 aliphatic rings. The van der Waals surface area contributed by atoms with Crippen LogP contribution < -0.4 is 5.01 Å². The fourth-order valence-electron chi connectivity index (χ4n) is 1.35. The maximum Gasteiger partial charge on any atom is 0.131 e. The van der Waals surface area contributed by atoms with Crippen molar-refractivity contribution in [2.45, 2.75) is 6.92 Å². The molecule has 0 N–H and O–H groups in total. The van der Waals surface area contributed by atoms with Gasteiger partial charge in [-0.15, -0.1) is 0 Å². The van der Waals surface area contributed by atoms with Gasteiger partial charge in [-0.1, -0.05) is 36.7 Å². The van der Waals surface area contributed by atoms with Crippen LogP contribution in [0.25, 0.3) is 0 Å². The summed E-state index contributed by atoms with van der Waals surface area (Å²) >= 11 is 5.92. The highest BCUT2D eigenvalue weighted by atomic mass is 35.5. The predicted molar refractivity (Wildman–Crippen MR) is 56.2 cm³/mol. The van der Waals surface area contributed by atoms with E-state index in [9.17, 15) is 0 Å². The maximum absolute atomic E-state index is 5.92. The first kappa shape index (κ1) is 8.57. The molecule has 0 spiro atoms. The number of nitrogens with zero attached hydrogens (tertiary/aromatic N) is 2. The van der Waals surface area contributed by atoms with E-state index in [1.54, 1.807) is 0 Å². The minimum Gasteiger partial charge on any atom is -0.264 e. The Kier molecular flexibility index (Phi) is 2.23. The van der Waals surface area contributed by atoms with Gasteiger partial charge in [0.2, 0.25) is 0 Å². The summed E-state index contributed by atoms with van der Waals surface area (Å²) in [5.74, 6) is 0.349. The van der Waals surface area contributed by atoms with E-state index in [-0.39, 0.29) is 0 Å². The van der Waals surface area contributed by atoms with Crippen LogP contribution in [0.15, 0.2) is 35.4 Å². The van der Waals surface area contributed by atoms with Crippen LogP contribution in [0.4, 0.5) is 5.69 Å². The Hall–Kier alpha value is -1.02. The largest absolute Gasteiger partial charge is 0.264 e. The van der Waals surface area contributed by atoms with Crippen molar-refractivity contribution in [2.75, 3.05) is 11.6 Å². The Balaban J connectivity index is 2.22. The molecule has 3 heteroatoms. The molecule has 1 aliphatic heterocycles. The first-order valence-electron chi connectivity index (χ1n) is 4.34. The van der Waals surface area contributed by atoms with Crippen molar-refractivity contribution in [3.8, 4) is 0 Å². The Morgan fingerprint density at radius 3 is 2.62 bits per heavy atom. The number of hydrogen-bond donors (Lipinski definition) is 0. The maximum atomic E-state index is 5.92.